The van der Waals surface area contributed by atoms with Gasteiger partial charge in [-0.05, 0) is 33.3 Å². The molecule has 0 unspecified atom stereocenters. The van der Waals surface area contributed by atoms with Gasteiger partial charge >= 0.3 is 11.9 Å². The molecule has 0 aromatic heterocycles. The minimum Gasteiger partial charge on any atom is -0.455 e. The minimum atomic E-state index is -1.06. The van der Waals surface area contributed by atoms with Gasteiger partial charge in [-0.25, -0.2) is 9.59 Å². The maximum atomic E-state index is 11.7. The third-order valence-corrected chi connectivity index (χ3v) is 3.20. The van der Waals surface area contributed by atoms with Crippen LogP contribution in [0.4, 0.5) is 0 Å². The summed E-state index contributed by atoms with van der Waals surface area (Å²) in [5.74, 6) is -1.40. The van der Waals surface area contributed by atoms with Gasteiger partial charge in [0.15, 0.2) is 11.9 Å². The van der Waals surface area contributed by atoms with Crippen LogP contribution in [0, 0.1) is 0 Å². The van der Waals surface area contributed by atoms with Crippen LogP contribution in [-0.4, -0.2) is 41.1 Å². The molecule has 1 aliphatic heterocycles. The molecule has 116 valence electrons. The van der Waals surface area contributed by atoms with Gasteiger partial charge < -0.3 is 14.6 Å². The molecule has 0 saturated carbocycles. The maximum Gasteiger partial charge on any atom is 0.334 e. The number of ether oxygens (including phenoxy) is 2. The van der Waals surface area contributed by atoms with E-state index in [4.69, 9.17) is 14.6 Å². The van der Waals surface area contributed by atoms with Crippen molar-refractivity contribution in [3.63, 3.8) is 0 Å². The SMILES string of the molecule is C/C=C(\C)C(=O)O[C@H]1C=CC(=O)O[C@@H]1CCC(=O)[C@H](C)O. The number of aliphatic hydroxyl groups excluding tert-OH is 1. The number of Topliss-reactive ketones (excluding diaryl/α,β-unsaturated/α-hetero) is 1. The van der Waals surface area contributed by atoms with Crippen molar-refractivity contribution in [1.29, 1.82) is 0 Å². The van der Waals surface area contributed by atoms with Crippen molar-refractivity contribution in [3.8, 4) is 0 Å². The Bertz CT molecular complexity index is 475. The molecule has 1 rings (SSSR count). The fourth-order valence-corrected chi connectivity index (χ4v) is 1.72. The molecule has 0 bridgehead atoms. The van der Waals surface area contributed by atoms with Crippen molar-refractivity contribution in [3.05, 3.63) is 23.8 Å². The topological polar surface area (TPSA) is 89.9 Å². The van der Waals surface area contributed by atoms with E-state index in [2.05, 4.69) is 0 Å². The first-order valence-electron chi connectivity index (χ1n) is 6.78. The Labute approximate surface area is 123 Å². The van der Waals surface area contributed by atoms with E-state index < -0.39 is 30.3 Å². The number of esters is 2. The van der Waals surface area contributed by atoms with Crippen molar-refractivity contribution in [2.75, 3.05) is 0 Å². The summed E-state index contributed by atoms with van der Waals surface area (Å²) in [7, 11) is 0. The summed E-state index contributed by atoms with van der Waals surface area (Å²) in [6.07, 6.45) is 1.97. The highest BCUT2D eigenvalue weighted by molar-refractivity contribution is 5.88. The lowest BCUT2D eigenvalue weighted by Crippen LogP contribution is -2.37. The number of carbonyl (C=O) groups excluding carboxylic acids is 3. The number of cyclic esters (lactones) is 1. The molecule has 0 amide bonds. The van der Waals surface area contributed by atoms with Crippen LogP contribution in [0.15, 0.2) is 23.8 Å². The van der Waals surface area contributed by atoms with Gasteiger partial charge in [0.2, 0.25) is 0 Å². The van der Waals surface area contributed by atoms with Crippen LogP contribution in [0.2, 0.25) is 0 Å². The van der Waals surface area contributed by atoms with Crippen LogP contribution >= 0.6 is 0 Å². The molecular formula is C15H20O6. The summed E-state index contributed by atoms with van der Waals surface area (Å²) in [5.41, 5.74) is 0.444. The van der Waals surface area contributed by atoms with E-state index >= 15 is 0 Å². The molecule has 21 heavy (non-hydrogen) atoms. The summed E-state index contributed by atoms with van der Waals surface area (Å²) in [5, 5.41) is 9.15. The Balaban J connectivity index is 2.70. The van der Waals surface area contributed by atoms with Gasteiger partial charge in [-0.15, -0.1) is 0 Å². The van der Waals surface area contributed by atoms with E-state index in [1.807, 2.05) is 0 Å². The van der Waals surface area contributed by atoms with Crippen LogP contribution in [0.1, 0.15) is 33.6 Å². The summed E-state index contributed by atoms with van der Waals surface area (Å²) >= 11 is 0. The number of aliphatic hydroxyl groups is 1. The second-order valence-corrected chi connectivity index (χ2v) is 4.86. The van der Waals surface area contributed by atoms with Crippen LogP contribution < -0.4 is 0 Å². The molecule has 0 radical (unpaired) electrons. The summed E-state index contributed by atoms with van der Waals surface area (Å²) < 4.78 is 10.3. The molecule has 0 aliphatic carbocycles. The zero-order valence-electron chi connectivity index (χ0n) is 12.4. The lowest BCUT2D eigenvalue weighted by molar-refractivity contribution is -0.161. The van der Waals surface area contributed by atoms with Crippen molar-refractivity contribution in [2.45, 2.75) is 51.9 Å². The Morgan fingerprint density at radius 1 is 1.52 bits per heavy atom. The molecule has 0 spiro atoms. The number of hydrogen-bond acceptors (Lipinski definition) is 6. The van der Waals surface area contributed by atoms with Crippen molar-refractivity contribution < 1.29 is 29.0 Å². The third kappa shape index (κ3) is 5.15. The number of allylic oxidation sites excluding steroid dienone is 1. The molecule has 1 N–H and O–H groups in total. The number of carbonyl (C=O) groups is 3. The van der Waals surface area contributed by atoms with Gasteiger partial charge in [0.25, 0.3) is 0 Å². The molecule has 0 aromatic carbocycles. The molecule has 1 aliphatic rings. The number of ketones is 1. The second-order valence-electron chi connectivity index (χ2n) is 4.86. The van der Waals surface area contributed by atoms with Crippen LogP contribution in [0.3, 0.4) is 0 Å². The van der Waals surface area contributed by atoms with Gasteiger partial charge in [-0.3, -0.25) is 4.79 Å². The first kappa shape index (κ1) is 17.1. The molecule has 0 fully saturated rings. The average Bonchev–Trinajstić information content (AvgIpc) is 2.45. The van der Waals surface area contributed by atoms with Gasteiger partial charge in [-0.1, -0.05) is 6.08 Å². The zero-order chi connectivity index (χ0) is 16.0. The van der Waals surface area contributed by atoms with E-state index in [0.717, 1.165) is 0 Å². The third-order valence-electron chi connectivity index (χ3n) is 3.20. The van der Waals surface area contributed by atoms with Gasteiger partial charge in [0.1, 0.15) is 12.2 Å². The van der Waals surface area contributed by atoms with E-state index in [0.29, 0.717) is 5.57 Å². The summed E-state index contributed by atoms with van der Waals surface area (Å²) in [6.45, 7) is 4.71. The van der Waals surface area contributed by atoms with Crippen LogP contribution in [0.25, 0.3) is 0 Å². The molecule has 6 heteroatoms. The van der Waals surface area contributed by atoms with Crippen molar-refractivity contribution in [1.82, 2.24) is 0 Å². The smallest absolute Gasteiger partial charge is 0.334 e. The highest BCUT2D eigenvalue weighted by atomic mass is 16.6. The van der Waals surface area contributed by atoms with Crippen LogP contribution in [0.5, 0.6) is 0 Å². The standard InChI is InChI=1S/C15H20O6/c1-4-9(2)15(19)21-13-7-8-14(18)20-12(13)6-5-11(17)10(3)16/h4,7-8,10,12-13,16H,5-6H2,1-3H3/b9-4+/t10-,12+,13-/m0/s1. The molecule has 3 atom stereocenters. The molecule has 0 saturated heterocycles. The highest BCUT2D eigenvalue weighted by Crippen LogP contribution is 2.19. The summed E-state index contributed by atoms with van der Waals surface area (Å²) in [4.78, 5) is 34.4. The van der Waals surface area contributed by atoms with E-state index in [1.165, 1.54) is 19.1 Å². The minimum absolute atomic E-state index is 0.0418. The number of rotatable bonds is 6. The van der Waals surface area contributed by atoms with Crippen molar-refractivity contribution in [2.24, 2.45) is 0 Å². The fraction of sp³-hybridized carbons (Fsp3) is 0.533. The Morgan fingerprint density at radius 2 is 2.19 bits per heavy atom. The largest absolute Gasteiger partial charge is 0.455 e. The predicted octanol–water partition coefficient (Wildman–Crippen LogP) is 1.08. The Kier molecular flexibility index (Phi) is 6.30. The van der Waals surface area contributed by atoms with E-state index in [9.17, 15) is 14.4 Å². The highest BCUT2D eigenvalue weighted by Gasteiger charge is 2.30. The van der Waals surface area contributed by atoms with E-state index in [-0.39, 0.29) is 18.6 Å². The van der Waals surface area contributed by atoms with Gasteiger partial charge in [0.05, 0.1) is 0 Å². The fourth-order valence-electron chi connectivity index (χ4n) is 1.72. The second kappa shape index (κ2) is 7.73. The van der Waals surface area contributed by atoms with Crippen LogP contribution in [-0.2, 0) is 23.9 Å². The quantitative estimate of drug-likeness (QED) is 0.582. The van der Waals surface area contributed by atoms with Gasteiger partial charge in [0, 0.05) is 18.1 Å². The zero-order valence-corrected chi connectivity index (χ0v) is 12.4. The molecule has 0 aromatic rings. The average molecular weight is 296 g/mol. The molecular weight excluding hydrogens is 276 g/mol. The van der Waals surface area contributed by atoms with E-state index in [1.54, 1.807) is 19.9 Å². The maximum absolute atomic E-state index is 11.7. The lowest BCUT2D eigenvalue weighted by atomic mass is 10.0. The first-order chi connectivity index (χ1) is 9.85. The number of hydrogen-bond donors (Lipinski definition) is 1. The monoisotopic (exact) mass is 296 g/mol. The van der Waals surface area contributed by atoms with Crippen molar-refractivity contribution >= 4 is 17.7 Å². The predicted molar refractivity (Wildman–Crippen MR) is 74.3 cm³/mol. The Morgan fingerprint density at radius 3 is 2.76 bits per heavy atom. The first-order valence-corrected chi connectivity index (χ1v) is 6.78. The lowest BCUT2D eigenvalue weighted by Gasteiger charge is -2.27. The summed E-state index contributed by atoms with van der Waals surface area (Å²) in [6, 6.07) is 0. The van der Waals surface area contributed by atoms with Gasteiger partial charge in [-0.2, -0.15) is 0 Å². The molecule has 1 heterocycles. The normalized spacial score (nSPS) is 23.4. The molecule has 6 nitrogen and oxygen atoms in total. The Hall–Kier alpha value is -1.95.